The van der Waals surface area contributed by atoms with Crippen molar-refractivity contribution in [1.82, 2.24) is 0 Å². The summed E-state index contributed by atoms with van der Waals surface area (Å²) in [6.07, 6.45) is -3.99. The molecule has 1 aromatic rings. The van der Waals surface area contributed by atoms with Gasteiger partial charge in [0, 0.05) is 6.92 Å². The third kappa shape index (κ3) is 1.94. The van der Waals surface area contributed by atoms with Gasteiger partial charge in [-0.3, -0.25) is 0 Å². The molecule has 1 aliphatic heterocycles. The van der Waals surface area contributed by atoms with Crippen LogP contribution in [0.3, 0.4) is 0 Å². The quantitative estimate of drug-likeness (QED) is 0.749. The Kier molecular flexibility index (Phi) is 2.52. The first-order valence-electron chi connectivity index (χ1n) is 5.31. The van der Waals surface area contributed by atoms with Crippen molar-refractivity contribution in [3.05, 3.63) is 23.8 Å². The highest BCUT2D eigenvalue weighted by atomic mass is 19.3. The first-order valence-corrected chi connectivity index (χ1v) is 5.31. The molecule has 94 valence electrons. The number of hydrogen-bond acceptors (Lipinski definition) is 2. The average Bonchev–Trinajstić information content (AvgIpc) is 2.17. The van der Waals surface area contributed by atoms with Gasteiger partial charge in [0.1, 0.15) is 0 Å². The van der Waals surface area contributed by atoms with Crippen molar-refractivity contribution in [2.45, 2.75) is 38.7 Å². The molecule has 0 radical (unpaired) electrons. The largest absolute Gasteiger partial charge is 0.471 e. The lowest BCUT2D eigenvalue weighted by molar-refractivity contribution is -0.332. The summed E-state index contributed by atoms with van der Waals surface area (Å²) in [5.41, 5.74) is 0.825. The molecule has 17 heavy (non-hydrogen) atoms. The van der Waals surface area contributed by atoms with Crippen LogP contribution in [0, 0.1) is 0 Å². The van der Waals surface area contributed by atoms with Gasteiger partial charge >= 0.3 is 12.0 Å². The molecule has 0 aromatic heterocycles. The molecule has 5 heteroatoms. The molecule has 2 nitrogen and oxygen atoms in total. The Hall–Kier alpha value is -1.39. The summed E-state index contributed by atoms with van der Waals surface area (Å²) in [7, 11) is 0. The van der Waals surface area contributed by atoms with Crippen LogP contribution in [0.4, 0.5) is 13.2 Å². The summed E-state index contributed by atoms with van der Waals surface area (Å²) in [6, 6.07) is 4.59. The highest BCUT2D eigenvalue weighted by Crippen LogP contribution is 2.46. The monoisotopic (exact) mass is 246 g/mol. The molecule has 0 saturated heterocycles. The van der Waals surface area contributed by atoms with E-state index in [9.17, 15) is 13.2 Å². The molecular weight excluding hydrogens is 233 g/mol. The number of halogens is 3. The molecule has 0 amide bonds. The Bertz CT molecular complexity index is 441. The van der Waals surface area contributed by atoms with Crippen LogP contribution in [0.5, 0.6) is 11.5 Å². The Balaban J connectivity index is 2.43. The predicted octanol–water partition coefficient (Wildman–Crippen LogP) is 3.86. The van der Waals surface area contributed by atoms with Gasteiger partial charge in [0.2, 0.25) is 0 Å². The van der Waals surface area contributed by atoms with Crippen LogP contribution in [-0.4, -0.2) is 12.0 Å². The van der Waals surface area contributed by atoms with Crippen LogP contribution in [0.15, 0.2) is 18.2 Å². The van der Waals surface area contributed by atoms with Crippen LogP contribution in [0.1, 0.15) is 32.3 Å². The maximum Gasteiger partial charge on any atom is 0.471 e. The van der Waals surface area contributed by atoms with Gasteiger partial charge in [-0.05, 0) is 23.6 Å². The molecule has 1 unspecified atom stereocenters. The first-order chi connectivity index (χ1) is 7.73. The Labute approximate surface area is 97.3 Å². The zero-order chi connectivity index (χ0) is 12.8. The summed E-state index contributed by atoms with van der Waals surface area (Å²) in [5, 5.41) is 0. The zero-order valence-corrected chi connectivity index (χ0v) is 9.76. The molecule has 1 aromatic carbocycles. The summed E-state index contributed by atoms with van der Waals surface area (Å²) in [5.74, 6) is -3.13. The second-order valence-corrected chi connectivity index (χ2v) is 4.50. The molecule has 0 saturated carbocycles. The number of ether oxygens (including phenoxy) is 2. The van der Waals surface area contributed by atoms with Crippen LogP contribution in [0.25, 0.3) is 0 Å². The van der Waals surface area contributed by atoms with Gasteiger partial charge < -0.3 is 9.47 Å². The van der Waals surface area contributed by atoms with Crippen LogP contribution < -0.4 is 9.47 Å². The van der Waals surface area contributed by atoms with E-state index in [0.717, 1.165) is 5.56 Å². The summed E-state index contributed by atoms with van der Waals surface area (Å²) < 4.78 is 49.1. The Morgan fingerprint density at radius 1 is 1.06 bits per heavy atom. The minimum atomic E-state index is -3.99. The van der Waals surface area contributed by atoms with Crippen molar-refractivity contribution in [1.29, 1.82) is 0 Å². The van der Waals surface area contributed by atoms with Crippen molar-refractivity contribution in [2.24, 2.45) is 0 Å². The van der Waals surface area contributed by atoms with Crippen LogP contribution in [0.2, 0.25) is 0 Å². The molecular formula is C12H13F3O2. The highest BCUT2D eigenvalue weighted by Gasteiger charge is 2.60. The van der Waals surface area contributed by atoms with Gasteiger partial charge in [-0.2, -0.15) is 13.2 Å². The van der Waals surface area contributed by atoms with E-state index in [4.69, 9.17) is 0 Å². The standard InChI is InChI=1S/C12H13F3O2/c1-7(2)8-4-5-9-10(6-8)17-12(14,15)11(3,13)16-9/h4-7H,1-3H3. The Morgan fingerprint density at radius 2 is 1.71 bits per heavy atom. The van der Waals surface area contributed by atoms with E-state index in [0.29, 0.717) is 6.92 Å². The lowest BCUT2D eigenvalue weighted by Crippen LogP contribution is -2.53. The summed E-state index contributed by atoms with van der Waals surface area (Å²) in [4.78, 5) is 0. The molecule has 0 N–H and O–H groups in total. The van der Waals surface area contributed by atoms with E-state index in [1.165, 1.54) is 12.1 Å². The molecule has 0 fully saturated rings. The molecule has 0 spiro atoms. The van der Waals surface area contributed by atoms with Crippen molar-refractivity contribution >= 4 is 0 Å². The molecule has 1 atom stereocenters. The summed E-state index contributed by atoms with van der Waals surface area (Å²) in [6.45, 7) is 4.48. The fourth-order valence-electron chi connectivity index (χ4n) is 1.54. The van der Waals surface area contributed by atoms with Crippen molar-refractivity contribution < 1.29 is 22.6 Å². The lowest BCUT2D eigenvalue weighted by atomic mass is 10.0. The van der Waals surface area contributed by atoms with Crippen molar-refractivity contribution in [3.8, 4) is 11.5 Å². The van der Waals surface area contributed by atoms with Crippen LogP contribution in [-0.2, 0) is 0 Å². The molecule has 1 aliphatic rings. The molecule has 0 bridgehead atoms. The maximum atomic E-state index is 13.5. The van der Waals surface area contributed by atoms with Gasteiger partial charge in [0.25, 0.3) is 0 Å². The minimum Gasteiger partial charge on any atom is -0.446 e. The third-order valence-corrected chi connectivity index (χ3v) is 2.69. The van der Waals surface area contributed by atoms with Gasteiger partial charge in [-0.25, -0.2) is 0 Å². The topological polar surface area (TPSA) is 18.5 Å². The molecule has 2 rings (SSSR count). The fraction of sp³-hybridized carbons (Fsp3) is 0.500. The minimum absolute atomic E-state index is 0.00896. The number of alkyl halides is 3. The van der Waals surface area contributed by atoms with E-state index in [-0.39, 0.29) is 17.4 Å². The number of hydrogen-bond donors (Lipinski definition) is 0. The van der Waals surface area contributed by atoms with E-state index < -0.39 is 12.0 Å². The fourth-order valence-corrected chi connectivity index (χ4v) is 1.54. The number of rotatable bonds is 1. The van der Waals surface area contributed by atoms with E-state index >= 15 is 0 Å². The lowest BCUT2D eigenvalue weighted by Gasteiger charge is -2.35. The molecule has 0 aliphatic carbocycles. The predicted molar refractivity (Wildman–Crippen MR) is 56.2 cm³/mol. The average molecular weight is 246 g/mol. The van der Waals surface area contributed by atoms with Crippen LogP contribution >= 0.6 is 0 Å². The first kappa shape index (κ1) is 12.1. The zero-order valence-electron chi connectivity index (χ0n) is 9.76. The Morgan fingerprint density at radius 3 is 2.29 bits per heavy atom. The second kappa shape index (κ2) is 3.55. The van der Waals surface area contributed by atoms with Crippen molar-refractivity contribution in [2.75, 3.05) is 0 Å². The SMILES string of the molecule is CC(C)c1ccc2c(c1)OC(F)(F)C(C)(F)O2. The van der Waals surface area contributed by atoms with E-state index in [2.05, 4.69) is 9.47 Å². The van der Waals surface area contributed by atoms with Gasteiger partial charge in [0.05, 0.1) is 0 Å². The second-order valence-electron chi connectivity index (χ2n) is 4.50. The van der Waals surface area contributed by atoms with Crippen molar-refractivity contribution in [3.63, 3.8) is 0 Å². The van der Waals surface area contributed by atoms with E-state index in [1.807, 2.05) is 13.8 Å². The maximum absolute atomic E-state index is 13.5. The highest BCUT2D eigenvalue weighted by molar-refractivity contribution is 5.45. The third-order valence-electron chi connectivity index (χ3n) is 2.69. The smallest absolute Gasteiger partial charge is 0.446 e. The van der Waals surface area contributed by atoms with Gasteiger partial charge in [-0.15, -0.1) is 0 Å². The van der Waals surface area contributed by atoms with E-state index in [1.54, 1.807) is 6.07 Å². The summed E-state index contributed by atoms with van der Waals surface area (Å²) >= 11 is 0. The number of fused-ring (bicyclic) bond motifs is 1. The normalized spacial score (nSPS) is 26.1. The number of benzene rings is 1. The molecule has 1 heterocycles. The van der Waals surface area contributed by atoms with Gasteiger partial charge in [-0.1, -0.05) is 19.9 Å². The van der Waals surface area contributed by atoms with Gasteiger partial charge in [0.15, 0.2) is 11.5 Å².